The zero-order valence-corrected chi connectivity index (χ0v) is 20.0. The molecular weight excluding hydrogens is 412 g/mol. The minimum atomic E-state index is -0.567. The summed E-state index contributed by atoms with van der Waals surface area (Å²) in [5.74, 6) is 0.325. The van der Waals surface area contributed by atoms with Gasteiger partial charge in [0.2, 0.25) is 5.91 Å². The van der Waals surface area contributed by atoms with Gasteiger partial charge in [-0.05, 0) is 49.3 Å². The summed E-state index contributed by atoms with van der Waals surface area (Å²) in [5.41, 5.74) is 2.10. The summed E-state index contributed by atoms with van der Waals surface area (Å²) < 4.78 is 5.98. The Morgan fingerprint density at radius 3 is 2.36 bits per heavy atom. The van der Waals surface area contributed by atoms with Crippen LogP contribution in [0.5, 0.6) is 5.75 Å². The Morgan fingerprint density at radius 1 is 0.939 bits per heavy atom. The first-order valence-electron chi connectivity index (χ1n) is 11.7. The fourth-order valence-corrected chi connectivity index (χ4v) is 3.88. The summed E-state index contributed by atoms with van der Waals surface area (Å²) in [7, 11) is 0. The van der Waals surface area contributed by atoms with Crippen molar-refractivity contribution < 1.29 is 14.3 Å². The van der Waals surface area contributed by atoms with E-state index < -0.39 is 6.04 Å². The molecule has 0 saturated carbocycles. The molecule has 0 fully saturated rings. The smallest absolute Gasteiger partial charge is 0.261 e. The van der Waals surface area contributed by atoms with E-state index >= 15 is 0 Å². The lowest BCUT2D eigenvalue weighted by atomic mass is 10.1. The second kappa shape index (κ2) is 11.5. The van der Waals surface area contributed by atoms with Gasteiger partial charge in [-0.25, -0.2) is 0 Å². The maximum Gasteiger partial charge on any atom is 0.261 e. The van der Waals surface area contributed by atoms with Crippen LogP contribution in [0.3, 0.4) is 0 Å². The molecule has 5 heteroatoms. The van der Waals surface area contributed by atoms with E-state index in [1.165, 1.54) is 0 Å². The molecule has 0 aromatic heterocycles. The highest BCUT2D eigenvalue weighted by atomic mass is 16.5. The molecule has 0 aliphatic heterocycles. The Bertz CT molecular complexity index is 1090. The van der Waals surface area contributed by atoms with Gasteiger partial charge in [0.25, 0.3) is 5.91 Å². The minimum absolute atomic E-state index is 0.0499. The first-order chi connectivity index (χ1) is 15.9. The maximum atomic E-state index is 13.4. The van der Waals surface area contributed by atoms with Gasteiger partial charge in [-0.15, -0.1) is 0 Å². The van der Waals surface area contributed by atoms with Crippen molar-refractivity contribution >= 4 is 22.6 Å². The lowest BCUT2D eigenvalue weighted by Gasteiger charge is -2.31. The summed E-state index contributed by atoms with van der Waals surface area (Å²) in [5, 5.41) is 5.05. The van der Waals surface area contributed by atoms with Crippen LogP contribution < -0.4 is 10.1 Å². The van der Waals surface area contributed by atoms with Gasteiger partial charge in [0.15, 0.2) is 6.61 Å². The van der Waals surface area contributed by atoms with Gasteiger partial charge in [0.05, 0.1) is 0 Å². The number of amides is 2. The highest BCUT2D eigenvalue weighted by Crippen LogP contribution is 2.25. The number of fused-ring (bicyclic) bond motifs is 1. The van der Waals surface area contributed by atoms with Crippen LogP contribution in [0.4, 0.5) is 0 Å². The summed E-state index contributed by atoms with van der Waals surface area (Å²) >= 11 is 0. The molecule has 0 aliphatic rings. The van der Waals surface area contributed by atoms with Crippen LogP contribution in [-0.2, 0) is 16.1 Å². The number of ether oxygens (including phenoxy) is 1. The van der Waals surface area contributed by atoms with Gasteiger partial charge in [-0.3, -0.25) is 9.59 Å². The summed E-state index contributed by atoms with van der Waals surface area (Å²) in [6, 6.07) is 21.2. The molecular formula is C28H34N2O3. The second-order valence-electron chi connectivity index (χ2n) is 8.46. The number of nitrogens with zero attached hydrogens (tertiary/aromatic N) is 1. The van der Waals surface area contributed by atoms with Gasteiger partial charge in [0, 0.05) is 18.0 Å². The highest BCUT2D eigenvalue weighted by Gasteiger charge is 2.29. The Morgan fingerprint density at radius 2 is 1.64 bits per heavy atom. The number of hydrogen-bond acceptors (Lipinski definition) is 3. The number of rotatable bonds is 10. The molecule has 3 aromatic rings. The highest BCUT2D eigenvalue weighted by molar-refractivity contribution is 5.90. The van der Waals surface area contributed by atoms with E-state index in [-0.39, 0.29) is 24.5 Å². The van der Waals surface area contributed by atoms with Crippen LogP contribution in [0.25, 0.3) is 10.8 Å². The Kier molecular flexibility index (Phi) is 8.47. The Labute approximate surface area is 196 Å². The summed E-state index contributed by atoms with van der Waals surface area (Å²) in [6.45, 7) is 8.18. The molecule has 5 nitrogen and oxygen atoms in total. The fraction of sp³-hybridized carbons (Fsp3) is 0.357. The maximum absolute atomic E-state index is 13.4. The molecule has 1 N–H and O–H groups in total. The Balaban J connectivity index is 1.84. The van der Waals surface area contributed by atoms with E-state index in [0.717, 1.165) is 28.3 Å². The van der Waals surface area contributed by atoms with Crippen LogP contribution in [0, 0.1) is 6.92 Å². The molecule has 0 radical (unpaired) electrons. The zero-order valence-electron chi connectivity index (χ0n) is 20.0. The third kappa shape index (κ3) is 6.13. The van der Waals surface area contributed by atoms with Gasteiger partial charge in [-0.1, -0.05) is 74.5 Å². The van der Waals surface area contributed by atoms with E-state index in [9.17, 15) is 9.59 Å². The molecule has 0 aliphatic carbocycles. The molecule has 0 heterocycles. The van der Waals surface area contributed by atoms with Crippen LogP contribution in [0.15, 0.2) is 66.7 Å². The van der Waals surface area contributed by atoms with Gasteiger partial charge < -0.3 is 15.0 Å². The summed E-state index contributed by atoms with van der Waals surface area (Å²) in [6.07, 6.45) is 1.35. The standard InChI is InChI=1S/C28H34N2O3/c1-5-21(4)29-28(32)25(6-2)30(18-23-14-8-7-12-20(23)3)27(31)19-33-26-17-11-15-22-13-9-10-16-24(22)26/h7-17,21,25H,5-6,18-19H2,1-4H3,(H,29,32)/t21-,25+/m0/s1. The predicted molar refractivity (Wildman–Crippen MR) is 133 cm³/mol. The number of benzene rings is 3. The monoisotopic (exact) mass is 446 g/mol. The van der Waals surface area contributed by atoms with Crippen molar-refractivity contribution in [1.29, 1.82) is 0 Å². The summed E-state index contributed by atoms with van der Waals surface area (Å²) in [4.78, 5) is 28.2. The van der Waals surface area contributed by atoms with E-state index in [0.29, 0.717) is 18.7 Å². The molecule has 2 amide bonds. The van der Waals surface area contributed by atoms with Crippen molar-refractivity contribution in [3.63, 3.8) is 0 Å². The zero-order chi connectivity index (χ0) is 23.8. The van der Waals surface area contributed by atoms with Crippen LogP contribution in [0.2, 0.25) is 0 Å². The SMILES string of the molecule is CC[C@H](C(=O)N[C@@H](C)CC)N(Cc1ccccc1C)C(=O)COc1cccc2ccccc12. The fourth-order valence-electron chi connectivity index (χ4n) is 3.88. The van der Waals surface area contributed by atoms with Crippen LogP contribution in [0.1, 0.15) is 44.7 Å². The van der Waals surface area contributed by atoms with Crippen molar-refractivity contribution in [3.05, 3.63) is 77.9 Å². The van der Waals surface area contributed by atoms with E-state index in [2.05, 4.69) is 5.32 Å². The molecule has 0 unspecified atom stereocenters. The van der Waals surface area contributed by atoms with Crippen molar-refractivity contribution in [2.24, 2.45) is 0 Å². The lowest BCUT2D eigenvalue weighted by Crippen LogP contribution is -2.51. The van der Waals surface area contributed by atoms with Crippen molar-refractivity contribution in [3.8, 4) is 5.75 Å². The number of hydrogen-bond donors (Lipinski definition) is 1. The molecule has 174 valence electrons. The first kappa shape index (κ1) is 24.3. The average Bonchev–Trinajstić information content (AvgIpc) is 2.83. The van der Waals surface area contributed by atoms with E-state index in [1.807, 2.05) is 94.4 Å². The number of nitrogens with one attached hydrogen (secondary N) is 1. The molecule has 2 atom stereocenters. The molecule has 3 rings (SSSR count). The van der Waals surface area contributed by atoms with Gasteiger partial charge in [0.1, 0.15) is 11.8 Å². The van der Waals surface area contributed by atoms with Crippen LogP contribution >= 0.6 is 0 Å². The van der Waals surface area contributed by atoms with Crippen molar-refractivity contribution in [1.82, 2.24) is 10.2 Å². The molecule has 0 spiro atoms. The number of carbonyl (C=O) groups is 2. The normalized spacial score (nSPS) is 12.7. The average molecular weight is 447 g/mol. The van der Waals surface area contributed by atoms with Crippen LogP contribution in [-0.4, -0.2) is 35.4 Å². The Hall–Kier alpha value is -3.34. The molecule has 33 heavy (non-hydrogen) atoms. The third-order valence-corrected chi connectivity index (χ3v) is 6.09. The van der Waals surface area contributed by atoms with E-state index in [4.69, 9.17) is 4.74 Å². The largest absolute Gasteiger partial charge is 0.483 e. The van der Waals surface area contributed by atoms with Crippen molar-refractivity contribution in [2.75, 3.05) is 6.61 Å². The topological polar surface area (TPSA) is 58.6 Å². The number of aryl methyl sites for hydroxylation is 1. The van der Waals surface area contributed by atoms with E-state index in [1.54, 1.807) is 4.90 Å². The lowest BCUT2D eigenvalue weighted by molar-refractivity contribution is -0.143. The van der Waals surface area contributed by atoms with Crippen molar-refractivity contribution in [2.45, 2.75) is 59.2 Å². The van der Waals surface area contributed by atoms with Gasteiger partial charge in [-0.2, -0.15) is 0 Å². The first-order valence-corrected chi connectivity index (χ1v) is 11.7. The predicted octanol–water partition coefficient (Wildman–Crippen LogP) is 5.25. The van der Waals surface area contributed by atoms with Gasteiger partial charge >= 0.3 is 0 Å². The second-order valence-corrected chi connectivity index (χ2v) is 8.46. The number of carbonyl (C=O) groups excluding carboxylic acids is 2. The molecule has 0 bridgehead atoms. The molecule has 0 saturated heterocycles. The third-order valence-electron chi connectivity index (χ3n) is 6.09. The molecule has 3 aromatic carbocycles. The quantitative estimate of drug-likeness (QED) is 0.463. The minimum Gasteiger partial charge on any atom is -0.483 e.